The molecule has 2 aromatic rings. The van der Waals surface area contributed by atoms with E-state index in [0.29, 0.717) is 11.6 Å². The summed E-state index contributed by atoms with van der Waals surface area (Å²) in [5.74, 6) is 0. The molecular weight excluding hydrogens is 267 g/mol. The van der Waals surface area contributed by atoms with Gasteiger partial charge in [0.2, 0.25) is 0 Å². The van der Waals surface area contributed by atoms with Gasteiger partial charge in [0, 0.05) is 23.3 Å². The maximum absolute atomic E-state index is 11.9. The van der Waals surface area contributed by atoms with Crippen molar-refractivity contribution in [2.24, 2.45) is 0 Å². The van der Waals surface area contributed by atoms with E-state index in [9.17, 15) is 13.2 Å². The van der Waals surface area contributed by atoms with Crippen LogP contribution in [0.25, 0.3) is 10.9 Å². The van der Waals surface area contributed by atoms with Crippen LogP contribution in [0.2, 0.25) is 5.02 Å². The van der Waals surface area contributed by atoms with Gasteiger partial charge in [-0.15, -0.1) is 0 Å². The number of ether oxygens (including phenoxy) is 1. The Kier molecular flexibility index (Phi) is 3.82. The average Bonchev–Trinajstić information content (AvgIpc) is 2.66. The standard InChI is InChI=1S/C12H11ClF3NO/c13-10-2-1-9-3-4-17(11(9)7-10)5-6-18-8-12(14,15)16/h1-4,7H,5-6,8H2. The van der Waals surface area contributed by atoms with Crippen LogP contribution < -0.4 is 0 Å². The van der Waals surface area contributed by atoms with Gasteiger partial charge in [-0.05, 0) is 23.6 Å². The van der Waals surface area contributed by atoms with Crippen molar-refractivity contribution in [3.8, 4) is 0 Å². The minimum Gasteiger partial charge on any atom is -0.370 e. The van der Waals surface area contributed by atoms with Crippen molar-refractivity contribution in [3.05, 3.63) is 35.5 Å². The van der Waals surface area contributed by atoms with E-state index in [1.54, 1.807) is 18.3 Å². The molecule has 0 unspecified atom stereocenters. The van der Waals surface area contributed by atoms with Crippen LogP contribution in [0.3, 0.4) is 0 Å². The van der Waals surface area contributed by atoms with Crippen molar-refractivity contribution >= 4 is 22.5 Å². The van der Waals surface area contributed by atoms with E-state index in [2.05, 4.69) is 4.74 Å². The summed E-state index contributed by atoms with van der Waals surface area (Å²) in [7, 11) is 0. The number of benzene rings is 1. The van der Waals surface area contributed by atoms with Crippen molar-refractivity contribution in [3.63, 3.8) is 0 Å². The zero-order chi connectivity index (χ0) is 13.2. The summed E-state index contributed by atoms with van der Waals surface area (Å²) in [6, 6.07) is 7.30. The molecule has 98 valence electrons. The van der Waals surface area contributed by atoms with Crippen LogP contribution in [0.4, 0.5) is 13.2 Å². The molecule has 1 heterocycles. The van der Waals surface area contributed by atoms with Crippen molar-refractivity contribution < 1.29 is 17.9 Å². The van der Waals surface area contributed by atoms with E-state index >= 15 is 0 Å². The van der Waals surface area contributed by atoms with E-state index in [1.807, 2.05) is 16.7 Å². The number of hydrogen-bond acceptors (Lipinski definition) is 1. The minimum absolute atomic E-state index is 0.00973. The van der Waals surface area contributed by atoms with Gasteiger partial charge < -0.3 is 9.30 Å². The van der Waals surface area contributed by atoms with Crippen LogP contribution >= 0.6 is 11.6 Å². The highest BCUT2D eigenvalue weighted by Crippen LogP contribution is 2.20. The second-order valence-corrected chi connectivity index (χ2v) is 4.32. The topological polar surface area (TPSA) is 14.2 Å². The molecule has 2 rings (SSSR count). The van der Waals surface area contributed by atoms with E-state index in [1.165, 1.54) is 0 Å². The van der Waals surface area contributed by atoms with Crippen LogP contribution in [0.15, 0.2) is 30.5 Å². The van der Waals surface area contributed by atoms with E-state index in [-0.39, 0.29) is 6.61 Å². The maximum Gasteiger partial charge on any atom is 0.411 e. The maximum atomic E-state index is 11.9. The summed E-state index contributed by atoms with van der Waals surface area (Å²) in [4.78, 5) is 0. The smallest absolute Gasteiger partial charge is 0.370 e. The fraction of sp³-hybridized carbons (Fsp3) is 0.333. The van der Waals surface area contributed by atoms with Gasteiger partial charge >= 0.3 is 6.18 Å². The van der Waals surface area contributed by atoms with Crippen LogP contribution in [-0.4, -0.2) is 24.0 Å². The first-order chi connectivity index (χ1) is 8.46. The Balaban J connectivity index is 1.98. The second kappa shape index (κ2) is 5.20. The van der Waals surface area contributed by atoms with E-state index in [0.717, 1.165) is 10.9 Å². The molecule has 0 fully saturated rings. The number of hydrogen-bond donors (Lipinski definition) is 0. The number of alkyl halides is 3. The molecule has 0 saturated heterocycles. The molecule has 0 radical (unpaired) electrons. The predicted octanol–water partition coefficient (Wildman–Crippen LogP) is 3.87. The Labute approximate surface area is 107 Å². The lowest BCUT2D eigenvalue weighted by Crippen LogP contribution is -2.18. The minimum atomic E-state index is -4.28. The van der Waals surface area contributed by atoms with Crippen molar-refractivity contribution in [2.75, 3.05) is 13.2 Å². The molecule has 0 aliphatic heterocycles. The largest absolute Gasteiger partial charge is 0.411 e. The summed E-state index contributed by atoms with van der Waals surface area (Å²) in [6.07, 6.45) is -2.47. The Hall–Kier alpha value is -1.20. The molecule has 6 heteroatoms. The zero-order valence-corrected chi connectivity index (χ0v) is 10.1. The van der Waals surface area contributed by atoms with Gasteiger partial charge in [0.15, 0.2) is 0 Å². The van der Waals surface area contributed by atoms with Crippen LogP contribution in [0.5, 0.6) is 0 Å². The molecule has 0 N–H and O–H groups in total. The van der Waals surface area contributed by atoms with Gasteiger partial charge in [-0.1, -0.05) is 17.7 Å². The normalized spacial score (nSPS) is 12.2. The summed E-state index contributed by atoms with van der Waals surface area (Å²) < 4.78 is 42.0. The first kappa shape index (κ1) is 13.2. The van der Waals surface area contributed by atoms with E-state index < -0.39 is 12.8 Å². The highest BCUT2D eigenvalue weighted by molar-refractivity contribution is 6.31. The lowest BCUT2D eigenvalue weighted by atomic mass is 10.2. The van der Waals surface area contributed by atoms with Crippen LogP contribution in [-0.2, 0) is 11.3 Å². The Bertz CT molecular complexity index is 536. The van der Waals surface area contributed by atoms with Gasteiger partial charge in [-0.3, -0.25) is 0 Å². The second-order valence-electron chi connectivity index (χ2n) is 3.88. The fourth-order valence-corrected chi connectivity index (χ4v) is 1.87. The number of rotatable bonds is 4. The molecular formula is C12H11ClF3NO. The molecule has 0 aliphatic carbocycles. The Morgan fingerprint density at radius 1 is 1.22 bits per heavy atom. The number of fused-ring (bicyclic) bond motifs is 1. The number of nitrogens with zero attached hydrogens (tertiary/aromatic N) is 1. The van der Waals surface area contributed by atoms with Crippen molar-refractivity contribution in [2.45, 2.75) is 12.7 Å². The summed E-state index contributed by atoms with van der Waals surface area (Å²) in [5.41, 5.74) is 0.887. The first-order valence-electron chi connectivity index (χ1n) is 5.34. The molecule has 1 aromatic heterocycles. The molecule has 0 spiro atoms. The Morgan fingerprint density at radius 2 is 2.00 bits per heavy atom. The van der Waals surface area contributed by atoms with Crippen LogP contribution in [0, 0.1) is 0 Å². The summed E-state index contributed by atoms with van der Waals surface area (Å²) >= 11 is 5.88. The average molecular weight is 278 g/mol. The molecule has 2 nitrogen and oxygen atoms in total. The lowest BCUT2D eigenvalue weighted by molar-refractivity contribution is -0.174. The van der Waals surface area contributed by atoms with Gasteiger partial charge in [0.25, 0.3) is 0 Å². The predicted molar refractivity (Wildman–Crippen MR) is 63.8 cm³/mol. The van der Waals surface area contributed by atoms with Crippen molar-refractivity contribution in [1.29, 1.82) is 0 Å². The highest BCUT2D eigenvalue weighted by atomic mass is 35.5. The van der Waals surface area contributed by atoms with Gasteiger partial charge in [0.05, 0.1) is 6.61 Å². The van der Waals surface area contributed by atoms with Crippen LogP contribution in [0.1, 0.15) is 0 Å². The molecule has 0 amide bonds. The van der Waals surface area contributed by atoms with Gasteiger partial charge in [0.1, 0.15) is 6.61 Å². The molecule has 18 heavy (non-hydrogen) atoms. The van der Waals surface area contributed by atoms with E-state index in [4.69, 9.17) is 11.6 Å². The summed E-state index contributed by atoms with van der Waals surface area (Å²) in [5, 5.41) is 1.59. The third kappa shape index (κ3) is 3.40. The third-order valence-electron chi connectivity index (χ3n) is 2.48. The highest BCUT2D eigenvalue weighted by Gasteiger charge is 2.27. The number of aromatic nitrogens is 1. The summed E-state index contributed by atoms with van der Waals surface area (Å²) in [6.45, 7) is -0.845. The molecule has 1 aromatic carbocycles. The monoisotopic (exact) mass is 277 g/mol. The zero-order valence-electron chi connectivity index (χ0n) is 9.38. The first-order valence-corrected chi connectivity index (χ1v) is 5.72. The fourth-order valence-electron chi connectivity index (χ4n) is 1.70. The Morgan fingerprint density at radius 3 is 2.72 bits per heavy atom. The molecule has 0 atom stereocenters. The lowest BCUT2D eigenvalue weighted by Gasteiger charge is -2.09. The molecule has 0 aliphatic rings. The third-order valence-corrected chi connectivity index (χ3v) is 2.71. The van der Waals surface area contributed by atoms with Gasteiger partial charge in [-0.25, -0.2) is 0 Å². The molecule has 0 bridgehead atoms. The number of halogens is 4. The molecule has 0 saturated carbocycles. The SMILES string of the molecule is FC(F)(F)COCCn1ccc2ccc(Cl)cc21. The van der Waals surface area contributed by atoms with Crippen molar-refractivity contribution in [1.82, 2.24) is 4.57 Å². The van der Waals surface area contributed by atoms with Gasteiger partial charge in [-0.2, -0.15) is 13.2 Å². The quantitative estimate of drug-likeness (QED) is 0.774.